The van der Waals surface area contributed by atoms with Crippen molar-refractivity contribution < 1.29 is 22.3 Å². The van der Waals surface area contributed by atoms with Crippen LogP contribution < -0.4 is 5.32 Å². The summed E-state index contributed by atoms with van der Waals surface area (Å²) in [6.07, 6.45) is 0.581. The first kappa shape index (κ1) is 33.4. The van der Waals surface area contributed by atoms with Crippen LogP contribution in [-0.4, -0.2) is 36.3 Å². The highest BCUT2D eigenvalue weighted by atomic mass is 35.5. The molecule has 0 aliphatic heterocycles. The number of rotatable bonds is 10. The molecule has 0 aliphatic carbocycles. The van der Waals surface area contributed by atoms with Crippen LogP contribution in [0.25, 0.3) is 22.5 Å². The standard InChI is InChI=1S/C36H34Cl2N2O5S/c1-36(2,3)28-13-11-24(12-14-28)31(19-23-7-9-25(10-8-23)35(41)39-17-18-46(42,43)44)33-22-34(45-40-33)27-6-4-5-26(20-27)30-16-15-29(37)21-32(30)38/h4-16,20-22,31H,17-19H2,1-3H3,(H,39,41)(H,42,43,44)/p-1. The van der Waals surface area contributed by atoms with Gasteiger partial charge in [0.05, 0.1) is 21.6 Å². The van der Waals surface area contributed by atoms with E-state index >= 15 is 0 Å². The molecular formula is C36H33Cl2N2O5S-. The smallest absolute Gasteiger partial charge is 0.251 e. The molecular weight excluding hydrogens is 643 g/mol. The van der Waals surface area contributed by atoms with Gasteiger partial charge in [-0.3, -0.25) is 4.79 Å². The summed E-state index contributed by atoms with van der Waals surface area (Å²) >= 11 is 12.6. The normalized spacial score (nSPS) is 12.6. The van der Waals surface area contributed by atoms with Crippen molar-refractivity contribution in [3.05, 3.63) is 135 Å². The molecule has 1 atom stereocenters. The van der Waals surface area contributed by atoms with Gasteiger partial charge in [-0.1, -0.05) is 110 Å². The molecule has 10 heteroatoms. The first-order chi connectivity index (χ1) is 21.8. The van der Waals surface area contributed by atoms with Crippen molar-refractivity contribution in [3.63, 3.8) is 0 Å². The maximum absolute atomic E-state index is 12.5. The Hall–Kier alpha value is -3.95. The third-order valence-electron chi connectivity index (χ3n) is 7.75. The first-order valence-corrected chi connectivity index (χ1v) is 17.0. The van der Waals surface area contributed by atoms with Crippen LogP contribution in [0, 0.1) is 0 Å². The summed E-state index contributed by atoms with van der Waals surface area (Å²) < 4.78 is 38.4. The van der Waals surface area contributed by atoms with Crippen molar-refractivity contribution in [1.82, 2.24) is 10.5 Å². The highest BCUT2D eigenvalue weighted by Crippen LogP contribution is 2.36. The Balaban J connectivity index is 1.42. The Morgan fingerprint density at radius 3 is 2.26 bits per heavy atom. The monoisotopic (exact) mass is 675 g/mol. The summed E-state index contributed by atoms with van der Waals surface area (Å²) in [5, 5.41) is 8.10. The number of nitrogens with zero attached hydrogens (tertiary/aromatic N) is 1. The summed E-state index contributed by atoms with van der Waals surface area (Å²) in [5.74, 6) is -0.647. The molecule has 1 unspecified atom stereocenters. The molecule has 4 aromatic carbocycles. The van der Waals surface area contributed by atoms with E-state index in [1.807, 2.05) is 48.5 Å². The van der Waals surface area contributed by atoms with Crippen LogP contribution in [0.5, 0.6) is 0 Å². The fraction of sp³-hybridized carbons (Fsp3) is 0.222. The van der Waals surface area contributed by atoms with E-state index in [1.165, 1.54) is 5.56 Å². The van der Waals surface area contributed by atoms with Gasteiger partial charge in [0.25, 0.3) is 5.91 Å². The lowest BCUT2D eigenvalue weighted by atomic mass is 9.83. The SMILES string of the molecule is CC(C)(C)c1ccc(C(Cc2ccc(C(=O)NCCS(=O)(=O)[O-])cc2)c2cc(-c3cccc(-c4ccc(Cl)cc4Cl)c3)on2)cc1. The molecule has 1 aromatic heterocycles. The van der Waals surface area contributed by atoms with Crippen molar-refractivity contribution in [2.45, 2.75) is 38.5 Å². The molecule has 5 rings (SSSR count). The summed E-state index contributed by atoms with van der Waals surface area (Å²) in [6, 6.07) is 30.8. The van der Waals surface area contributed by atoms with Gasteiger partial charge in [-0.25, -0.2) is 8.42 Å². The van der Waals surface area contributed by atoms with Gasteiger partial charge in [0, 0.05) is 45.3 Å². The number of aromatic nitrogens is 1. The molecule has 238 valence electrons. The van der Waals surface area contributed by atoms with Crippen LogP contribution in [0.15, 0.2) is 102 Å². The summed E-state index contributed by atoms with van der Waals surface area (Å²) in [5.41, 5.74) is 7.00. The third-order valence-corrected chi connectivity index (χ3v) is 9.00. The Bertz CT molecular complexity index is 1950. The van der Waals surface area contributed by atoms with Crippen molar-refractivity contribution in [1.29, 1.82) is 0 Å². The van der Waals surface area contributed by atoms with E-state index in [4.69, 9.17) is 27.7 Å². The van der Waals surface area contributed by atoms with Crippen molar-refractivity contribution in [3.8, 4) is 22.5 Å². The average Bonchev–Trinajstić information content (AvgIpc) is 3.49. The van der Waals surface area contributed by atoms with Crippen molar-refractivity contribution in [2.24, 2.45) is 0 Å². The maximum atomic E-state index is 12.5. The van der Waals surface area contributed by atoms with Gasteiger partial charge in [0.1, 0.15) is 0 Å². The highest BCUT2D eigenvalue weighted by Gasteiger charge is 2.22. The zero-order valence-electron chi connectivity index (χ0n) is 25.6. The lowest BCUT2D eigenvalue weighted by molar-refractivity contribution is 0.0956. The Kier molecular flexibility index (Phi) is 10.0. The second-order valence-corrected chi connectivity index (χ2v) is 14.5. The zero-order valence-corrected chi connectivity index (χ0v) is 27.9. The number of nitrogens with one attached hydrogen (secondary N) is 1. The number of carbonyl (C=O) groups is 1. The van der Waals surface area contributed by atoms with Crippen LogP contribution in [0.4, 0.5) is 0 Å². The molecule has 0 saturated carbocycles. The van der Waals surface area contributed by atoms with E-state index < -0.39 is 21.8 Å². The Morgan fingerprint density at radius 1 is 0.913 bits per heavy atom. The molecule has 1 amide bonds. The highest BCUT2D eigenvalue weighted by molar-refractivity contribution is 7.85. The van der Waals surface area contributed by atoms with Gasteiger partial charge < -0.3 is 14.4 Å². The lowest BCUT2D eigenvalue weighted by Gasteiger charge is -2.21. The number of carbonyl (C=O) groups excluding carboxylic acids is 1. The van der Waals surface area contributed by atoms with E-state index in [2.05, 4.69) is 55.5 Å². The molecule has 0 spiro atoms. The fourth-order valence-electron chi connectivity index (χ4n) is 5.18. The number of halogens is 2. The summed E-state index contributed by atoms with van der Waals surface area (Å²) in [6.45, 7) is 6.27. The molecule has 0 fully saturated rings. The van der Waals surface area contributed by atoms with Gasteiger partial charge in [-0.05, 0) is 64.4 Å². The number of hydrogen-bond acceptors (Lipinski definition) is 6. The maximum Gasteiger partial charge on any atom is 0.251 e. The number of benzene rings is 4. The van der Waals surface area contributed by atoms with E-state index in [1.54, 1.807) is 24.3 Å². The van der Waals surface area contributed by atoms with Crippen LogP contribution in [-0.2, 0) is 22.0 Å². The largest absolute Gasteiger partial charge is 0.748 e. The average molecular weight is 677 g/mol. The molecule has 0 aliphatic rings. The van der Waals surface area contributed by atoms with E-state index in [-0.39, 0.29) is 17.9 Å². The molecule has 0 radical (unpaired) electrons. The lowest BCUT2D eigenvalue weighted by Crippen LogP contribution is -2.28. The Morgan fingerprint density at radius 2 is 1.61 bits per heavy atom. The van der Waals surface area contributed by atoms with Gasteiger partial charge in [-0.2, -0.15) is 0 Å². The van der Waals surface area contributed by atoms with E-state index in [0.717, 1.165) is 33.5 Å². The minimum atomic E-state index is -4.41. The first-order valence-electron chi connectivity index (χ1n) is 14.7. The zero-order chi connectivity index (χ0) is 33.1. The molecule has 1 heterocycles. The molecule has 1 N–H and O–H groups in total. The van der Waals surface area contributed by atoms with Crippen LogP contribution in [0.1, 0.15) is 59.4 Å². The second-order valence-electron chi connectivity index (χ2n) is 12.2. The predicted molar refractivity (Wildman–Crippen MR) is 181 cm³/mol. The second kappa shape index (κ2) is 13.8. The fourth-order valence-corrected chi connectivity index (χ4v) is 6.05. The van der Waals surface area contributed by atoms with Gasteiger partial charge in [0.15, 0.2) is 5.76 Å². The molecule has 0 bridgehead atoms. The van der Waals surface area contributed by atoms with Gasteiger partial charge in [-0.15, -0.1) is 0 Å². The summed E-state index contributed by atoms with van der Waals surface area (Å²) in [4.78, 5) is 12.5. The third kappa shape index (κ3) is 8.44. The van der Waals surface area contributed by atoms with Gasteiger partial charge >= 0.3 is 0 Å². The van der Waals surface area contributed by atoms with Crippen LogP contribution in [0.2, 0.25) is 10.0 Å². The topological polar surface area (TPSA) is 112 Å². The van der Waals surface area contributed by atoms with Crippen LogP contribution in [0.3, 0.4) is 0 Å². The van der Waals surface area contributed by atoms with Crippen LogP contribution >= 0.6 is 23.2 Å². The summed E-state index contributed by atoms with van der Waals surface area (Å²) in [7, 11) is -4.41. The molecule has 5 aromatic rings. The van der Waals surface area contributed by atoms with E-state index in [0.29, 0.717) is 27.8 Å². The molecule has 46 heavy (non-hydrogen) atoms. The Labute approximate surface area is 279 Å². The number of hydrogen-bond donors (Lipinski definition) is 1. The molecule has 7 nitrogen and oxygen atoms in total. The minimum Gasteiger partial charge on any atom is -0.748 e. The van der Waals surface area contributed by atoms with Crippen molar-refractivity contribution >= 4 is 39.2 Å². The quantitative estimate of drug-likeness (QED) is 0.149. The predicted octanol–water partition coefficient (Wildman–Crippen LogP) is 8.26. The van der Waals surface area contributed by atoms with Crippen molar-refractivity contribution in [2.75, 3.05) is 12.3 Å². The molecule has 0 saturated heterocycles. The van der Waals surface area contributed by atoms with Gasteiger partial charge in [0.2, 0.25) is 0 Å². The van der Waals surface area contributed by atoms with E-state index in [9.17, 15) is 17.8 Å². The minimum absolute atomic E-state index is 0.00135. The number of amides is 1.